The van der Waals surface area contributed by atoms with Gasteiger partial charge in [0.15, 0.2) is 5.78 Å². The van der Waals surface area contributed by atoms with Gasteiger partial charge in [-0.3, -0.25) is 4.79 Å². The molecule has 8 heteroatoms. The number of likely N-dealkylation sites (tertiary alicyclic amines) is 2. The predicted molar refractivity (Wildman–Crippen MR) is 129 cm³/mol. The molecule has 0 saturated carbocycles. The summed E-state index contributed by atoms with van der Waals surface area (Å²) < 4.78 is 38.3. The van der Waals surface area contributed by atoms with Crippen LogP contribution in [0.15, 0.2) is 60.2 Å². The van der Waals surface area contributed by atoms with Gasteiger partial charge in [-0.05, 0) is 48.9 Å². The fraction of sp³-hybridized carbons (Fsp3) is 0.407. The lowest BCUT2D eigenvalue weighted by molar-refractivity contribution is -0.137. The van der Waals surface area contributed by atoms with E-state index in [2.05, 4.69) is 6.08 Å². The smallest absolute Gasteiger partial charge is 0.326 e. The van der Waals surface area contributed by atoms with E-state index in [1.54, 1.807) is 24.3 Å². The monoisotopic (exact) mass is 485 g/mol. The van der Waals surface area contributed by atoms with E-state index in [1.807, 2.05) is 16.7 Å². The number of ketones is 1. The molecule has 2 N–H and O–H groups in total. The quantitative estimate of drug-likeness (QED) is 0.458. The highest BCUT2D eigenvalue weighted by atomic mass is 19.4. The Hall–Kier alpha value is -3.13. The zero-order chi connectivity index (χ0) is 25.2. The first-order valence-corrected chi connectivity index (χ1v) is 11.9. The molecule has 0 unspecified atom stereocenters. The minimum Gasteiger partial charge on any atom is -0.326 e. The predicted octanol–water partition coefficient (Wildman–Crippen LogP) is 5.37. The third-order valence-electron chi connectivity index (χ3n) is 6.70. The molecule has 2 atom stereocenters. The first kappa shape index (κ1) is 25.0. The van der Waals surface area contributed by atoms with Gasteiger partial charge < -0.3 is 15.5 Å². The Labute approximate surface area is 203 Å². The van der Waals surface area contributed by atoms with Crippen LogP contribution in [-0.2, 0) is 6.18 Å². The van der Waals surface area contributed by atoms with Crippen molar-refractivity contribution < 1.29 is 22.8 Å². The van der Waals surface area contributed by atoms with Crippen LogP contribution in [0, 0.1) is 5.92 Å². The molecule has 2 aliphatic rings. The summed E-state index contributed by atoms with van der Waals surface area (Å²) in [6.45, 7) is 4.61. The highest BCUT2D eigenvalue weighted by molar-refractivity contribution is 5.97. The highest BCUT2D eigenvalue weighted by Crippen LogP contribution is 2.31. The molecule has 2 aromatic rings. The number of urea groups is 1. The van der Waals surface area contributed by atoms with Gasteiger partial charge in [-0.25, -0.2) is 4.79 Å². The van der Waals surface area contributed by atoms with E-state index in [-0.39, 0.29) is 30.2 Å². The van der Waals surface area contributed by atoms with Crippen LogP contribution in [0.4, 0.5) is 18.0 Å². The molecule has 0 bridgehead atoms. The van der Waals surface area contributed by atoms with Crippen molar-refractivity contribution in [2.75, 3.05) is 26.2 Å². The number of nitrogens with two attached hydrogens (primary N) is 1. The van der Waals surface area contributed by atoms with Crippen molar-refractivity contribution in [3.8, 4) is 11.1 Å². The van der Waals surface area contributed by atoms with Crippen LogP contribution in [-0.4, -0.2) is 53.8 Å². The number of alkyl halides is 3. The van der Waals surface area contributed by atoms with Crippen LogP contribution in [0.3, 0.4) is 0 Å². The number of allylic oxidation sites excluding steroid dienone is 1. The first-order chi connectivity index (χ1) is 16.6. The second-order valence-electron chi connectivity index (χ2n) is 9.54. The molecule has 5 nitrogen and oxygen atoms in total. The van der Waals surface area contributed by atoms with E-state index < -0.39 is 11.7 Å². The van der Waals surface area contributed by atoms with Crippen LogP contribution >= 0.6 is 0 Å². The molecular formula is C27H30F3N3O2. The van der Waals surface area contributed by atoms with E-state index in [1.165, 1.54) is 12.1 Å². The summed E-state index contributed by atoms with van der Waals surface area (Å²) in [7, 11) is 0. The van der Waals surface area contributed by atoms with Gasteiger partial charge in [0.25, 0.3) is 0 Å². The largest absolute Gasteiger partial charge is 0.416 e. The first-order valence-electron chi connectivity index (χ1n) is 11.9. The molecule has 0 aliphatic carbocycles. The molecule has 2 aromatic carbocycles. The Morgan fingerprint density at radius 3 is 2.09 bits per heavy atom. The van der Waals surface area contributed by atoms with Crippen LogP contribution in [0.5, 0.6) is 0 Å². The third-order valence-corrected chi connectivity index (χ3v) is 6.70. The second-order valence-corrected chi connectivity index (χ2v) is 9.54. The van der Waals surface area contributed by atoms with Crippen LogP contribution in [0.1, 0.15) is 42.1 Å². The Morgan fingerprint density at radius 2 is 1.51 bits per heavy atom. The van der Waals surface area contributed by atoms with Gasteiger partial charge in [0.1, 0.15) is 0 Å². The molecule has 0 spiro atoms. The number of amides is 2. The summed E-state index contributed by atoms with van der Waals surface area (Å²) in [5.74, 6) is 0.208. The summed E-state index contributed by atoms with van der Waals surface area (Å²) >= 11 is 0. The Bertz CT molecular complexity index is 1090. The fourth-order valence-corrected chi connectivity index (χ4v) is 4.77. The van der Waals surface area contributed by atoms with Crippen LogP contribution in [0.25, 0.3) is 11.1 Å². The number of hydrogen-bond acceptors (Lipinski definition) is 3. The lowest BCUT2D eigenvalue weighted by atomic mass is 9.97. The van der Waals surface area contributed by atoms with Gasteiger partial charge in [0, 0.05) is 44.2 Å². The molecule has 186 valence electrons. The van der Waals surface area contributed by atoms with Crippen molar-refractivity contribution in [2.24, 2.45) is 11.7 Å². The van der Waals surface area contributed by atoms with Crippen molar-refractivity contribution in [1.29, 1.82) is 0 Å². The molecule has 2 saturated heterocycles. The van der Waals surface area contributed by atoms with Crippen molar-refractivity contribution in [3.63, 3.8) is 0 Å². The number of hydrogen-bond donors (Lipinski definition) is 1. The van der Waals surface area contributed by atoms with Gasteiger partial charge in [-0.1, -0.05) is 48.0 Å². The summed E-state index contributed by atoms with van der Waals surface area (Å²) in [4.78, 5) is 29.1. The van der Waals surface area contributed by atoms with E-state index in [9.17, 15) is 22.8 Å². The average molecular weight is 486 g/mol. The van der Waals surface area contributed by atoms with E-state index >= 15 is 0 Å². The SMILES string of the molecule is C/C(=C\[C@H]1CCN(C(=O)N2CC[C@H](N)C2)C1)CC(=O)c1ccc(-c2ccc(C(F)(F)F)cc2)cc1. The van der Waals surface area contributed by atoms with Crippen LogP contribution < -0.4 is 5.73 Å². The summed E-state index contributed by atoms with van der Waals surface area (Å²) in [5, 5.41) is 0. The molecule has 2 heterocycles. The van der Waals surface area contributed by atoms with E-state index in [4.69, 9.17) is 5.73 Å². The third kappa shape index (κ3) is 6.11. The zero-order valence-electron chi connectivity index (χ0n) is 19.7. The standard InChI is InChI=1S/C27H30F3N3O2/c1-18(14-19-10-12-32(16-19)26(35)33-13-11-24(31)17-33)15-25(34)22-4-2-20(3-5-22)21-6-8-23(9-7-21)27(28,29)30/h2-9,14,19,24H,10-13,15-17,31H2,1H3/b18-14+/t19-,24+/m1/s1. The Morgan fingerprint density at radius 1 is 0.943 bits per heavy atom. The number of carbonyl (C=O) groups excluding carboxylic acids is 2. The summed E-state index contributed by atoms with van der Waals surface area (Å²) in [6.07, 6.45) is -0.272. The van der Waals surface area contributed by atoms with E-state index in [0.29, 0.717) is 37.3 Å². The maximum atomic E-state index is 12.8. The second kappa shape index (κ2) is 10.2. The number of Topliss-reactive ketones (excluding diaryl/α,β-unsaturated/α-hetero) is 1. The lowest BCUT2D eigenvalue weighted by Crippen LogP contribution is -2.41. The van der Waals surface area contributed by atoms with E-state index in [0.717, 1.165) is 36.1 Å². The highest BCUT2D eigenvalue weighted by Gasteiger charge is 2.32. The maximum absolute atomic E-state index is 12.8. The van der Waals surface area contributed by atoms with Crippen LogP contribution in [0.2, 0.25) is 0 Å². The molecule has 4 rings (SSSR count). The number of benzene rings is 2. The minimum absolute atomic E-state index is 0.0188. The van der Waals surface area contributed by atoms with Gasteiger partial charge in [0.2, 0.25) is 0 Å². The zero-order valence-corrected chi connectivity index (χ0v) is 19.7. The molecule has 0 radical (unpaired) electrons. The van der Waals surface area contributed by atoms with Gasteiger partial charge >= 0.3 is 12.2 Å². The van der Waals surface area contributed by atoms with Crippen molar-refractivity contribution >= 4 is 11.8 Å². The number of rotatable bonds is 5. The molecule has 2 aliphatic heterocycles. The molecule has 35 heavy (non-hydrogen) atoms. The van der Waals surface area contributed by atoms with Gasteiger partial charge in [-0.2, -0.15) is 13.2 Å². The number of halogens is 3. The normalized spacial score (nSPS) is 21.0. The molecule has 2 amide bonds. The minimum atomic E-state index is -4.37. The topological polar surface area (TPSA) is 66.6 Å². The lowest BCUT2D eigenvalue weighted by Gasteiger charge is -2.24. The Kier molecular flexibility index (Phi) is 7.31. The number of carbonyl (C=O) groups is 2. The summed E-state index contributed by atoms with van der Waals surface area (Å²) in [5.41, 5.74) is 8.15. The maximum Gasteiger partial charge on any atom is 0.416 e. The van der Waals surface area contributed by atoms with Crippen molar-refractivity contribution in [1.82, 2.24) is 9.80 Å². The average Bonchev–Trinajstić information content (AvgIpc) is 3.47. The Balaban J connectivity index is 1.32. The van der Waals surface area contributed by atoms with Gasteiger partial charge in [0.05, 0.1) is 5.56 Å². The van der Waals surface area contributed by atoms with Crippen molar-refractivity contribution in [3.05, 3.63) is 71.3 Å². The van der Waals surface area contributed by atoms with Gasteiger partial charge in [-0.15, -0.1) is 0 Å². The summed E-state index contributed by atoms with van der Waals surface area (Å²) in [6, 6.07) is 12.0. The number of nitrogens with zero attached hydrogens (tertiary/aromatic N) is 2. The fourth-order valence-electron chi connectivity index (χ4n) is 4.77. The van der Waals surface area contributed by atoms with Crippen molar-refractivity contribution in [2.45, 2.75) is 38.4 Å². The molecule has 0 aromatic heterocycles. The molecule has 2 fully saturated rings. The molecular weight excluding hydrogens is 455 g/mol.